The third kappa shape index (κ3) is 5.47. The summed E-state index contributed by atoms with van der Waals surface area (Å²) in [7, 11) is 0. The molecule has 0 aliphatic carbocycles. The monoisotopic (exact) mass is 166 g/mol. The lowest BCUT2D eigenvalue weighted by molar-refractivity contribution is -0.120. The van der Waals surface area contributed by atoms with Gasteiger partial charge in [-0.2, -0.15) is 0 Å². The van der Waals surface area contributed by atoms with Gasteiger partial charge >= 0.3 is 0 Å². The highest BCUT2D eigenvalue weighted by Gasteiger charge is 1.94. The Morgan fingerprint density at radius 3 is 2.67 bits per heavy atom. The molecule has 0 saturated carbocycles. The molecule has 0 aromatic rings. The minimum atomic E-state index is 0.00876. The van der Waals surface area contributed by atoms with Gasteiger partial charge in [0.05, 0.1) is 0 Å². The molecule has 2 nitrogen and oxygen atoms in total. The normalized spacial score (nSPS) is 11.7. The van der Waals surface area contributed by atoms with E-state index in [0.29, 0.717) is 5.76 Å². The molecule has 0 amide bonds. The minimum Gasteiger partial charge on any atom is -0.486 e. The molecule has 2 heteroatoms. The van der Waals surface area contributed by atoms with Crippen molar-refractivity contribution in [2.24, 2.45) is 0 Å². The van der Waals surface area contributed by atoms with Gasteiger partial charge in [0.25, 0.3) is 0 Å². The summed E-state index contributed by atoms with van der Waals surface area (Å²) in [5, 5.41) is 0. The van der Waals surface area contributed by atoms with Gasteiger partial charge in [0.1, 0.15) is 12.4 Å². The molecule has 66 valence electrons. The van der Waals surface area contributed by atoms with Crippen LogP contribution >= 0.6 is 0 Å². The van der Waals surface area contributed by atoms with Crippen LogP contribution in [-0.4, -0.2) is 12.4 Å². The molecule has 0 spiro atoms. The molecular weight excluding hydrogens is 152 g/mol. The maximum absolute atomic E-state index is 10.6. The Balaban J connectivity index is 4.05. The van der Waals surface area contributed by atoms with Gasteiger partial charge in [-0.05, 0) is 26.0 Å². The van der Waals surface area contributed by atoms with Gasteiger partial charge < -0.3 is 4.74 Å². The van der Waals surface area contributed by atoms with Crippen molar-refractivity contribution < 1.29 is 9.53 Å². The minimum absolute atomic E-state index is 0.00876. The van der Waals surface area contributed by atoms with Crippen LogP contribution in [0.25, 0.3) is 0 Å². The highest BCUT2D eigenvalue weighted by atomic mass is 16.5. The van der Waals surface area contributed by atoms with E-state index in [1.807, 2.05) is 13.0 Å². The first-order valence-corrected chi connectivity index (χ1v) is 3.78. The molecule has 0 N–H and O–H groups in total. The summed E-state index contributed by atoms with van der Waals surface area (Å²) in [6, 6.07) is 0. The zero-order chi connectivity index (χ0) is 9.40. The lowest BCUT2D eigenvalue weighted by Crippen LogP contribution is -2.02. The van der Waals surface area contributed by atoms with Gasteiger partial charge in [0.15, 0.2) is 5.78 Å². The summed E-state index contributed by atoms with van der Waals surface area (Å²) in [5.41, 5.74) is 0. The van der Waals surface area contributed by atoms with E-state index in [9.17, 15) is 4.79 Å². The molecule has 0 atom stereocenters. The molecule has 0 heterocycles. The lowest BCUT2D eigenvalue weighted by atomic mass is 10.4. The van der Waals surface area contributed by atoms with E-state index in [0.717, 1.165) is 0 Å². The fourth-order valence-electron chi connectivity index (χ4n) is 0.617. The summed E-state index contributed by atoms with van der Waals surface area (Å²) in [4.78, 5) is 10.6. The fourth-order valence-corrected chi connectivity index (χ4v) is 0.617. The number of carbonyl (C=O) groups is 1. The first kappa shape index (κ1) is 10.7. The van der Waals surface area contributed by atoms with Gasteiger partial charge in [-0.1, -0.05) is 18.7 Å². The van der Waals surface area contributed by atoms with E-state index in [4.69, 9.17) is 4.74 Å². The predicted molar refractivity (Wildman–Crippen MR) is 49.7 cm³/mol. The number of hydrogen-bond donors (Lipinski definition) is 0. The van der Waals surface area contributed by atoms with Gasteiger partial charge in [-0.3, -0.25) is 4.79 Å². The molecular formula is C10H14O2. The molecule has 0 aromatic carbocycles. The van der Waals surface area contributed by atoms with Crippen molar-refractivity contribution >= 4 is 5.78 Å². The largest absolute Gasteiger partial charge is 0.486 e. The molecule has 12 heavy (non-hydrogen) atoms. The second-order valence-corrected chi connectivity index (χ2v) is 2.30. The Morgan fingerprint density at radius 1 is 1.58 bits per heavy atom. The Hall–Kier alpha value is -1.31. The van der Waals surface area contributed by atoms with Gasteiger partial charge in [0, 0.05) is 0 Å². The number of hydrogen-bond acceptors (Lipinski definition) is 2. The Morgan fingerprint density at radius 2 is 2.25 bits per heavy atom. The van der Waals surface area contributed by atoms with Gasteiger partial charge in [0.2, 0.25) is 0 Å². The van der Waals surface area contributed by atoms with E-state index in [2.05, 4.69) is 6.58 Å². The summed E-state index contributed by atoms with van der Waals surface area (Å²) >= 11 is 0. The Bertz CT molecular complexity index is 212. The van der Waals surface area contributed by atoms with Crippen molar-refractivity contribution in [3.05, 3.63) is 36.6 Å². The highest BCUT2D eigenvalue weighted by Crippen LogP contribution is 1.99. The number of allylic oxidation sites excluding steroid dienone is 4. The third-order valence-corrected chi connectivity index (χ3v) is 1.06. The smallest absolute Gasteiger partial charge is 0.167 e. The van der Waals surface area contributed by atoms with E-state index < -0.39 is 0 Å². The van der Waals surface area contributed by atoms with Crippen molar-refractivity contribution in [3.63, 3.8) is 0 Å². The number of ether oxygens (including phenoxy) is 1. The van der Waals surface area contributed by atoms with Crippen molar-refractivity contribution in [1.82, 2.24) is 0 Å². The van der Waals surface area contributed by atoms with Crippen LogP contribution in [0.4, 0.5) is 0 Å². The van der Waals surface area contributed by atoms with Crippen molar-refractivity contribution in [2.75, 3.05) is 6.61 Å². The molecule has 0 aliphatic rings. The second-order valence-electron chi connectivity index (χ2n) is 2.30. The molecule has 0 fully saturated rings. The molecule has 0 bridgehead atoms. The number of ketones is 1. The van der Waals surface area contributed by atoms with Gasteiger partial charge in [-0.25, -0.2) is 0 Å². The molecule has 0 radical (unpaired) electrons. The van der Waals surface area contributed by atoms with E-state index in [1.165, 1.54) is 6.92 Å². The highest BCUT2D eigenvalue weighted by molar-refractivity contribution is 5.76. The molecule has 0 aromatic heterocycles. The van der Waals surface area contributed by atoms with Crippen LogP contribution in [0.1, 0.15) is 13.8 Å². The predicted octanol–water partition coefficient (Wildman–Crippen LogP) is 2.24. The quantitative estimate of drug-likeness (QED) is 0.462. The lowest BCUT2D eigenvalue weighted by Gasteiger charge is -2.02. The topological polar surface area (TPSA) is 26.3 Å². The van der Waals surface area contributed by atoms with Crippen LogP contribution in [-0.2, 0) is 9.53 Å². The maximum Gasteiger partial charge on any atom is 0.167 e. The second kappa shape index (κ2) is 6.40. The van der Waals surface area contributed by atoms with Crippen LogP contribution in [0.5, 0.6) is 0 Å². The van der Waals surface area contributed by atoms with E-state index >= 15 is 0 Å². The zero-order valence-corrected chi connectivity index (χ0v) is 7.54. The number of carbonyl (C=O) groups excluding carboxylic acids is 1. The zero-order valence-electron chi connectivity index (χ0n) is 7.54. The Labute approximate surface area is 73.2 Å². The molecule has 0 saturated heterocycles. The molecule has 0 aliphatic heterocycles. The van der Waals surface area contributed by atoms with Gasteiger partial charge in [-0.15, -0.1) is 0 Å². The van der Waals surface area contributed by atoms with Crippen LogP contribution in [0.2, 0.25) is 0 Å². The van der Waals surface area contributed by atoms with E-state index in [-0.39, 0.29) is 12.4 Å². The Kier molecular flexibility index (Phi) is 5.70. The summed E-state index contributed by atoms with van der Waals surface area (Å²) < 4.78 is 5.14. The van der Waals surface area contributed by atoms with Crippen molar-refractivity contribution in [1.29, 1.82) is 0 Å². The summed E-state index contributed by atoms with van der Waals surface area (Å²) in [6.07, 6.45) is 6.96. The van der Waals surface area contributed by atoms with Crippen LogP contribution in [0.3, 0.4) is 0 Å². The molecule has 0 rings (SSSR count). The number of rotatable bonds is 5. The standard InChI is InChI=1S/C10H14O2/c1-4-6-10(7-5-2)12-8-9(3)11/h4-7H,1,8H2,2-3H3/b7-5-,10-6+. The number of Topliss-reactive ketones (excluding diaryl/α,β-unsaturated/α-hetero) is 1. The molecule has 0 unspecified atom stereocenters. The van der Waals surface area contributed by atoms with Crippen molar-refractivity contribution in [2.45, 2.75) is 13.8 Å². The average molecular weight is 166 g/mol. The summed E-state index contributed by atoms with van der Waals surface area (Å²) in [6.45, 7) is 7.02. The van der Waals surface area contributed by atoms with Crippen LogP contribution in [0, 0.1) is 0 Å². The van der Waals surface area contributed by atoms with Crippen LogP contribution < -0.4 is 0 Å². The van der Waals surface area contributed by atoms with Crippen LogP contribution in [0.15, 0.2) is 36.6 Å². The summed E-state index contributed by atoms with van der Waals surface area (Å²) in [5.74, 6) is 0.664. The third-order valence-electron chi connectivity index (χ3n) is 1.06. The first-order valence-electron chi connectivity index (χ1n) is 3.78. The maximum atomic E-state index is 10.6. The van der Waals surface area contributed by atoms with E-state index in [1.54, 1.807) is 18.2 Å². The average Bonchev–Trinajstić information content (AvgIpc) is 2.01. The first-order chi connectivity index (χ1) is 5.70. The van der Waals surface area contributed by atoms with Crippen molar-refractivity contribution in [3.8, 4) is 0 Å². The fraction of sp³-hybridized carbons (Fsp3) is 0.300. The SMILES string of the molecule is C=C/C=C(\C=C/C)OCC(C)=O.